The van der Waals surface area contributed by atoms with Crippen LogP contribution in [0.2, 0.25) is 0 Å². The summed E-state index contributed by atoms with van der Waals surface area (Å²) in [7, 11) is 0. The van der Waals surface area contributed by atoms with Gasteiger partial charge >= 0.3 is 0 Å². The molecule has 0 fully saturated rings. The van der Waals surface area contributed by atoms with Gasteiger partial charge in [0.25, 0.3) is 5.91 Å². The van der Waals surface area contributed by atoms with Gasteiger partial charge in [-0.1, -0.05) is 6.92 Å². The molecule has 0 aliphatic heterocycles. The second-order valence-electron chi connectivity index (χ2n) is 3.51. The molecule has 0 aromatic carbocycles. The number of primary amides is 1. The fourth-order valence-electron chi connectivity index (χ4n) is 1.37. The van der Waals surface area contributed by atoms with Gasteiger partial charge in [0.05, 0.1) is 5.69 Å². The van der Waals surface area contributed by atoms with Crippen LogP contribution < -0.4 is 11.1 Å². The number of amides is 1. The van der Waals surface area contributed by atoms with Crippen molar-refractivity contribution >= 4 is 17.2 Å². The van der Waals surface area contributed by atoms with Gasteiger partial charge in [-0.2, -0.15) is 0 Å². The Morgan fingerprint density at radius 1 is 1.67 bits per heavy atom. The number of rotatable bonds is 5. The third-order valence-corrected chi connectivity index (χ3v) is 3.49. The van der Waals surface area contributed by atoms with E-state index in [0.29, 0.717) is 5.01 Å². The zero-order valence-electron chi connectivity index (χ0n) is 9.33. The van der Waals surface area contributed by atoms with E-state index in [-0.39, 0.29) is 6.04 Å². The van der Waals surface area contributed by atoms with Gasteiger partial charge in [0.1, 0.15) is 0 Å². The summed E-state index contributed by atoms with van der Waals surface area (Å²) in [5.74, 6) is -0.447. The Morgan fingerprint density at radius 2 is 2.33 bits per heavy atom. The lowest BCUT2D eigenvalue weighted by molar-refractivity contribution is 0.1000. The molecule has 15 heavy (non-hydrogen) atoms. The fourth-order valence-corrected chi connectivity index (χ4v) is 2.31. The van der Waals surface area contributed by atoms with Crippen LogP contribution >= 0.6 is 11.3 Å². The molecule has 0 aliphatic rings. The molecule has 1 amide bonds. The predicted octanol–water partition coefficient (Wildman–Crippen LogP) is 1.61. The fraction of sp³-hybridized carbons (Fsp3) is 0.600. The van der Waals surface area contributed by atoms with E-state index >= 15 is 0 Å². The summed E-state index contributed by atoms with van der Waals surface area (Å²) in [6.07, 6.45) is 1.09. The first kappa shape index (κ1) is 12.1. The van der Waals surface area contributed by atoms with E-state index in [4.69, 9.17) is 5.73 Å². The van der Waals surface area contributed by atoms with Crippen LogP contribution in [0.4, 0.5) is 0 Å². The highest BCUT2D eigenvalue weighted by atomic mass is 32.1. The summed E-state index contributed by atoms with van der Waals surface area (Å²) in [4.78, 5) is 16.2. The van der Waals surface area contributed by atoms with Crippen molar-refractivity contribution in [3.8, 4) is 0 Å². The lowest BCUT2D eigenvalue weighted by Gasteiger charge is -2.11. The number of carbonyl (C=O) groups excluding carboxylic acids is 1. The van der Waals surface area contributed by atoms with Crippen LogP contribution in [0.5, 0.6) is 0 Å². The van der Waals surface area contributed by atoms with Crippen molar-refractivity contribution < 1.29 is 4.79 Å². The largest absolute Gasteiger partial charge is 0.364 e. The molecule has 0 bridgehead atoms. The maximum atomic E-state index is 11.0. The van der Waals surface area contributed by atoms with Gasteiger partial charge < -0.3 is 11.1 Å². The van der Waals surface area contributed by atoms with Gasteiger partial charge in [-0.05, 0) is 26.8 Å². The zero-order valence-corrected chi connectivity index (χ0v) is 10.1. The minimum atomic E-state index is -0.447. The van der Waals surface area contributed by atoms with Crippen LogP contribution in [-0.2, 0) is 0 Å². The lowest BCUT2D eigenvalue weighted by Crippen LogP contribution is -2.18. The molecule has 1 rings (SSSR count). The Balaban J connectivity index is 2.79. The Bertz CT molecular complexity index is 348. The molecule has 5 heteroatoms. The highest BCUT2D eigenvalue weighted by Gasteiger charge is 2.15. The highest BCUT2D eigenvalue weighted by molar-refractivity contribution is 7.13. The van der Waals surface area contributed by atoms with Gasteiger partial charge in [-0.15, -0.1) is 11.3 Å². The summed E-state index contributed by atoms with van der Waals surface area (Å²) >= 11 is 1.38. The molecule has 1 aromatic rings. The molecule has 0 saturated heterocycles. The maximum absolute atomic E-state index is 11.0. The number of aromatic nitrogens is 1. The van der Waals surface area contributed by atoms with Crippen LogP contribution in [0.15, 0.2) is 0 Å². The number of nitrogens with zero attached hydrogens (tertiary/aromatic N) is 1. The van der Waals surface area contributed by atoms with E-state index in [1.165, 1.54) is 11.3 Å². The Hall–Kier alpha value is -0.940. The number of carbonyl (C=O) groups is 1. The van der Waals surface area contributed by atoms with Crippen LogP contribution in [-0.4, -0.2) is 17.4 Å². The van der Waals surface area contributed by atoms with Crippen molar-refractivity contribution in [1.82, 2.24) is 10.3 Å². The van der Waals surface area contributed by atoms with E-state index in [2.05, 4.69) is 24.1 Å². The van der Waals surface area contributed by atoms with Crippen LogP contribution in [0, 0.1) is 6.92 Å². The first-order valence-electron chi connectivity index (χ1n) is 5.06. The van der Waals surface area contributed by atoms with E-state index in [1.807, 2.05) is 6.92 Å². The van der Waals surface area contributed by atoms with E-state index < -0.39 is 5.91 Å². The summed E-state index contributed by atoms with van der Waals surface area (Å²) in [6, 6.07) is 0.232. The molecule has 0 aliphatic carbocycles. The first-order chi connectivity index (χ1) is 7.06. The first-order valence-corrected chi connectivity index (χ1v) is 5.88. The standard InChI is InChI=1S/C10H17N3OS/c1-4-5-12-6(2)8-7(3)13-10(15-8)9(11)14/h6,12H,4-5H2,1-3H3,(H2,11,14). The van der Waals surface area contributed by atoms with E-state index in [9.17, 15) is 4.79 Å². The topological polar surface area (TPSA) is 68.0 Å². The predicted molar refractivity (Wildman–Crippen MR) is 62.1 cm³/mol. The van der Waals surface area contributed by atoms with Gasteiger partial charge in [0, 0.05) is 10.9 Å². The quantitative estimate of drug-likeness (QED) is 0.803. The summed E-state index contributed by atoms with van der Waals surface area (Å²) in [5.41, 5.74) is 6.08. The molecule has 4 nitrogen and oxygen atoms in total. The number of hydrogen-bond acceptors (Lipinski definition) is 4. The lowest BCUT2D eigenvalue weighted by atomic mass is 10.2. The van der Waals surface area contributed by atoms with Gasteiger partial charge in [0.2, 0.25) is 0 Å². The molecule has 0 radical (unpaired) electrons. The molecular formula is C10H17N3OS. The smallest absolute Gasteiger partial charge is 0.277 e. The minimum Gasteiger partial charge on any atom is -0.364 e. The average Bonchev–Trinajstić information content (AvgIpc) is 2.57. The normalized spacial score (nSPS) is 12.7. The zero-order chi connectivity index (χ0) is 11.4. The monoisotopic (exact) mass is 227 g/mol. The molecule has 0 saturated carbocycles. The maximum Gasteiger partial charge on any atom is 0.277 e. The minimum absolute atomic E-state index is 0.232. The van der Waals surface area contributed by atoms with Crippen LogP contribution in [0.1, 0.15) is 46.7 Å². The molecule has 1 atom stereocenters. The SMILES string of the molecule is CCCNC(C)c1sc(C(N)=O)nc1C. The Labute approximate surface area is 93.9 Å². The highest BCUT2D eigenvalue weighted by Crippen LogP contribution is 2.24. The van der Waals surface area contributed by atoms with Gasteiger partial charge in [-0.3, -0.25) is 4.79 Å². The molecule has 1 aromatic heterocycles. The average molecular weight is 227 g/mol. The van der Waals surface area contributed by atoms with Crippen molar-refractivity contribution in [2.75, 3.05) is 6.54 Å². The number of hydrogen-bond donors (Lipinski definition) is 2. The number of nitrogens with one attached hydrogen (secondary N) is 1. The summed E-state index contributed by atoms with van der Waals surface area (Å²) < 4.78 is 0. The molecule has 1 heterocycles. The number of thiazole rings is 1. The van der Waals surface area contributed by atoms with Crippen molar-refractivity contribution in [2.45, 2.75) is 33.2 Å². The molecule has 0 spiro atoms. The van der Waals surface area contributed by atoms with E-state index in [1.54, 1.807) is 0 Å². The Kier molecular flexibility index (Phi) is 4.23. The molecule has 84 valence electrons. The molecule has 3 N–H and O–H groups in total. The van der Waals surface area contributed by atoms with Crippen LogP contribution in [0.25, 0.3) is 0 Å². The summed E-state index contributed by atoms with van der Waals surface area (Å²) in [6.45, 7) is 7.06. The van der Waals surface area contributed by atoms with Crippen molar-refractivity contribution in [3.63, 3.8) is 0 Å². The Morgan fingerprint density at radius 3 is 2.80 bits per heavy atom. The second-order valence-corrected chi connectivity index (χ2v) is 4.54. The third kappa shape index (κ3) is 3.00. The van der Waals surface area contributed by atoms with Crippen molar-refractivity contribution in [1.29, 1.82) is 0 Å². The van der Waals surface area contributed by atoms with Crippen molar-refractivity contribution in [2.24, 2.45) is 5.73 Å². The number of nitrogens with two attached hydrogens (primary N) is 1. The van der Waals surface area contributed by atoms with Gasteiger partial charge in [-0.25, -0.2) is 4.98 Å². The third-order valence-electron chi connectivity index (χ3n) is 2.14. The van der Waals surface area contributed by atoms with Crippen LogP contribution in [0.3, 0.4) is 0 Å². The second kappa shape index (κ2) is 5.23. The van der Waals surface area contributed by atoms with Gasteiger partial charge in [0.15, 0.2) is 5.01 Å². The number of aryl methyl sites for hydroxylation is 1. The summed E-state index contributed by atoms with van der Waals surface area (Å²) in [5, 5.41) is 3.76. The van der Waals surface area contributed by atoms with Crippen molar-refractivity contribution in [3.05, 3.63) is 15.6 Å². The van der Waals surface area contributed by atoms with E-state index in [0.717, 1.165) is 23.5 Å². The molecular weight excluding hydrogens is 210 g/mol. The molecule has 1 unspecified atom stereocenters.